The topological polar surface area (TPSA) is 58.6 Å². The predicted molar refractivity (Wildman–Crippen MR) is 106 cm³/mol. The minimum absolute atomic E-state index is 0.0908. The number of carbonyl (C=O) groups excluding carboxylic acids is 2. The summed E-state index contributed by atoms with van der Waals surface area (Å²) in [6.07, 6.45) is 14.5. The normalized spacial score (nSPS) is 35.0. The SMILES string of the molecule is C/C=C/C=C1/CC[C@@H](N2C(=O)NC(C)(C)C2=O)C[C@]12CC[C@@H](CCCC)O2. The van der Waals surface area contributed by atoms with Crippen LogP contribution in [-0.4, -0.2) is 40.1 Å². The highest BCUT2D eigenvalue weighted by atomic mass is 16.5. The van der Waals surface area contributed by atoms with Crippen LogP contribution >= 0.6 is 0 Å². The Morgan fingerprint density at radius 2 is 2.07 bits per heavy atom. The molecular weight excluding hydrogens is 340 g/mol. The lowest BCUT2D eigenvalue weighted by molar-refractivity contribution is -0.133. The lowest BCUT2D eigenvalue weighted by Gasteiger charge is -2.42. The summed E-state index contributed by atoms with van der Waals surface area (Å²) in [6.45, 7) is 7.77. The molecule has 150 valence electrons. The van der Waals surface area contributed by atoms with E-state index in [9.17, 15) is 9.59 Å². The molecule has 0 aromatic carbocycles. The maximum absolute atomic E-state index is 12.8. The molecule has 2 aliphatic heterocycles. The van der Waals surface area contributed by atoms with Gasteiger partial charge in [-0.15, -0.1) is 0 Å². The van der Waals surface area contributed by atoms with Gasteiger partial charge in [0, 0.05) is 12.5 Å². The van der Waals surface area contributed by atoms with Crippen LogP contribution in [0.2, 0.25) is 0 Å². The lowest BCUT2D eigenvalue weighted by atomic mass is 9.75. The second-order valence-electron chi connectivity index (χ2n) is 8.76. The largest absolute Gasteiger partial charge is 0.367 e. The van der Waals surface area contributed by atoms with E-state index in [1.54, 1.807) is 13.8 Å². The average molecular weight is 375 g/mol. The molecule has 3 fully saturated rings. The van der Waals surface area contributed by atoms with E-state index < -0.39 is 5.54 Å². The summed E-state index contributed by atoms with van der Waals surface area (Å²) in [7, 11) is 0. The average Bonchev–Trinajstić information content (AvgIpc) is 3.10. The molecule has 3 aliphatic rings. The molecule has 0 radical (unpaired) electrons. The van der Waals surface area contributed by atoms with Gasteiger partial charge >= 0.3 is 6.03 Å². The Morgan fingerprint density at radius 1 is 1.30 bits per heavy atom. The van der Waals surface area contributed by atoms with Crippen molar-refractivity contribution in [3.8, 4) is 0 Å². The quantitative estimate of drug-likeness (QED) is 0.722. The van der Waals surface area contributed by atoms with Crippen LogP contribution in [-0.2, 0) is 9.53 Å². The fourth-order valence-corrected chi connectivity index (χ4v) is 4.79. The van der Waals surface area contributed by atoms with Crippen LogP contribution in [0.25, 0.3) is 0 Å². The highest BCUT2D eigenvalue weighted by molar-refractivity contribution is 6.06. The maximum Gasteiger partial charge on any atom is 0.325 e. The van der Waals surface area contributed by atoms with Crippen LogP contribution in [0.4, 0.5) is 4.79 Å². The van der Waals surface area contributed by atoms with E-state index in [4.69, 9.17) is 4.74 Å². The Labute approximate surface area is 163 Å². The van der Waals surface area contributed by atoms with Gasteiger partial charge in [-0.1, -0.05) is 38.0 Å². The Hall–Kier alpha value is -1.62. The van der Waals surface area contributed by atoms with Crippen molar-refractivity contribution in [1.82, 2.24) is 10.2 Å². The van der Waals surface area contributed by atoms with Gasteiger partial charge in [-0.25, -0.2) is 4.79 Å². The van der Waals surface area contributed by atoms with Gasteiger partial charge in [-0.3, -0.25) is 9.69 Å². The minimum Gasteiger partial charge on any atom is -0.367 e. The van der Waals surface area contributed by atoms with E-state index in [0.29, 0.717) is 6.42 Å². The molecule has 2 saturated heterocycles. The third-order valence-electron chi connectivity index (χ3n) is 6.29. The number of hydrogen-bond donors (Lipinski definition) is 1. The molecule has 2 heterocycles. The summed E-state index contributed by atoms with van der Waals surface area (Å²) in [6, 6.07) is -0.349. The van der Waals surface area contributed by atoms with Crippen LogP contribution in [0.15, 0.2) is 23.8 Å². The third kappa shape index (κ3) is 3.84. The van der Waals surface area contributed by atoms with Crippen molar-refractivity contribution in [2.24, 2.45) is 0 Å². The highest BCUT2D eigenvalue weighted by Crippen LogP contribution is 2.48. The molecule has 0 aromatic rings. The number of allylic oxidation sites excluding steroid dienone is 3. The van der Waals surface area contributed by atoms with E-state index in [0.717, 1.165) is 32.1 Å². The zero-order chi connectivity index (χ0) is 19.7. The second-order valence-corrected chi connectivity index (χ2v) is 8.76. The van der Waals surface area contributed by atoms with Crippen molar-refractivity contribution >= 4 is 11.9 Å². The number of nitrogens with zero attached hydrogens (tertiary/aromatic N) is 1. The molecule has 0 unspecified atom stereocenters. The molecule has 0 bridgehead atoms. The fraction of sp³-hybridized carbons (Fsp3) is 0.727. The number of carbonyl (C=O) groups is 2. The van der Waals surface area contributed by atoms with Gasteiger partial charge in [0.25, 0.3) is 5.91 Å². The summed E-state index contributed by atoms with van der Waals surface area (Å²) in [5.74, 6) is -0.117. The number of hydrogen-bond acceptors (Lipinski definition) is 3. The van der Waals surface area contributed by atoms with Gasteiger partial charge in [0.1, 0.15) is 5.54 Å². The predicted octanol–water partition coefficient (Wildman–Crippen LogP) is 4.48. The number of rotatable bonds is 5. The van der Waals surface area contributed by atoms with Crippen LogP contribution in [0.3, 0.4) is 0 Å². The number of ether oxygens (including phenoxy) is 1. The third-order valence-corrected chi connectivity index (χ3v) is 6.29. The Bertz CT molecular complexity index is 652. The number of nitrogens with one attached hydrogen (secondary N) is 1. The fourth-order valence-electron chi connectivity index (χ4n) is 4.79. The molecule has 1 N–H and O–H groups in total. The lowest BCUT2D eigenvalue weighted by Crippen LogP contribution is -2.50. The molecule has 5 heteroatoms. The van der Waals surface area contributed by atoms with Crippen LogP contribution < -0.4 is 5.32 Å². The molecule has 0 aromatic heterocycles. The van der Waals surface area contributed by atoms with Crippen molar-refractivity contribution in [3.63, 3.8) is 0 Å². The first-order valence-corrected chi connectivity index (χ1v) is 10.5. The molecule has 3 atom stereocenters. The van der Waals surface area contributed by atoms with Gasteiger partial charge in [0.05, 0.1) is 11.7 Å². The standard InChI is InChI=1S/C22H34N2O3/c1-5-7-9-16-11-12-17(24-19(25)21(3,4)23-20(24)26)15-22(16)14-13-18(27-22)10-8-6-2/h5,7,9,17-18H,6,8,10-15H2,1-4H3,(H,23,26)/b7-5+,16-9-/t17-,18-,22-/m1/s1. The summed E-state index contributed by atoms with van der Waals surface area (Å²) < 4.78 is 6.64. The monoisotopic (exact) mass is 374 g/mol. The van der Waals surface area contributed by atoms with Gasteiger partial charge in [0.2, 0.25) is 0 Å². The molecule has 1 aliphatic carbocycles. The Balaban J connectivity index is 1.83. The number of amides is 3. The zero-order valence-corrected chi connectivity index (χ0v) is 17.2. The second kappa shape index (κ2) is 7.78. The minimum atomic E-state index is -0.814. The van der Waals surface area contributed by atoms with Crippen molar-refractivity contribution in [2.75, 3.05) is 0 Å². The number of imide groups is 1. The first-order valence-electron chi connectivity index (χ1n) is 10.5. The summed E-state index contributed by atoms with van der Waals surface area (Å²) in [4.78, 5) is 26.7. The van der Waals surface area contributed by atoms with E-state index in [2.05, 4.69) is 24.4 Å². The van der Waals surface area contributed by atoms with Crippen molar-refractivity contribution in [2.45, 2.75) is 102 Å². The van der Waals surface area contributed by atoms with Crippen molar-refractivity contribution in [3.05, 3.63) is 23.8 Å². The smallest absolute Gasteiger partial charge is 0.325 e. The van der Waals surface area contributed by atoms with Crippen LogP contribution in [0, 0.1) is 0 Å². The summed E-state index contributed by atoms with van der Waals surface area (Å²) >= 11 is 0. The van der Waals surface area contributed by atoms with E-state index in [1.165, 1.54) is 23.3 Å². The first kappa shape index (κ1) is 20.1. The molecular formula is C22H34N2O3. The van der Waals surface area contributed by atoms with E-state index in [1.807, 2.05) is 13.0 Å². The van der Waals surface area contributed by atoms with Gasteiger partial charge < -0.3 is 10.1 Å². The van der Waals surface area contributed by atoms with Crippen molar-refractivity contribution in [1.29, 1.82) is 0 Å². The first-order chi connectivity index (χ1) is 12.8. The number of urea groups is 1. The molecule has 27 heavy (non-hydrogen) atoms. The Kier molecular flexibility index (Phi) is 5.80. The molecule has 3 rings (SSSR count). The molecule has 3 amide bonds. The van der Waals surface area contributed by atoms with Gasteiger partial charge in [-0.05, 0) is 58.4 Å². The van der Waals surface area contributed by atoms with Crippen LogP contribution in [0.1, 0.15) is 79.1 Å². The van der Waals surface area contributed by atoms with Gasteiger partial charge in [0.15, 0.2) is 0 Å². The van der Waals surface area contributed by atoms with E-state index in [-0.39, 0.29) is 29.7 Å². The molecule has 1 saturated carbocycles. The zero-order valence-electron chi connectivity index (χ0n) is 17.2. The molecule has 1 spiro atoms. The summed E-state index contributed by atoms with van der Waals surface area (Å²) in [5.41, 5.74) is 0.182. The molecule has 5 nitrogen and oxygen atoms in total. The van der Waals surface area contributed by atoms with E-state index >= 15 is 0 Å². The summed E-state index contributed by atoms with van der Waals surface area (Å²) in [5, 5.41) is 2.82. The maximum atomic E-state index is 12.8. The number of unbranched alkanes of at least 4 members (excludes halogenated alkanes) is 1. The van der Waals surface area contributed by atoms with Crippen LogP contribution in [0.5, 0.6) is 0 Å². The van der Waals surface area contributed by atoms with Crippen molar-refractivity contribution < 1.29 is 14.3 Å². The Morgan fingerprint density at radius 3 is 2.70 bits per heavy atom. The highest BCUT2D eigenvalue weighted by Gasteiger charge is 2.53. The van der Waals surface area contributed by atoms with Gasteiger partial charge in [-0.2, -0.15) is 0 Å².